The molecule has 0 amide bonds. The van der Waals surface area contributed by atoms with Crippen LogP contribution in [0.25, 0.3) is 10.9 Å². The Morgan fingerprint density at radius 3 is 3.00 bits per heavy atom. The van der Waals surface area contributed by atoms with Gasteiger partial charge >= 0.3 is 0 Å². The summed E-state index contributed by atoms with van der Waals surface area (Å²) in [5.41, 5.74) is 7.51. The van der Waals surface area contributed by atoms with E-state index in [1.165, 1.54) is 6.07 Å². The van der Waals surface area contributed by atoms with Gasteiger partial charge in [-0.15, -0.1) is 0 Å². The molecule has 84 valence electrons. The predicted molar refractivity (Wildman–Crippen MR) is 64.0 cm³/mol. The Hall–Kier alpha value is -1.68. The molecule has 0 aliphatic heterocycles. The van der Waals surface area contributed by atoms with Crippen LogP contribution in [-0.2, 0) is 0 Å². The number of hydrogen-bond donors (Lipinski definition) is 2. The largest absolute Gasteiger partial charge is 0.383 e. The van der Waals surface area contributed by atoms with E-state index in [2.05, 4.69) is 10.3 Å². The number of halogens is 1. The molecule has 1 aromatic carbocycles. The summed E-state index contributed by atoms with van der Waals surface area (Å²) in [7, 11) is 0. The number of para-hydroxylation sites is 1. The van der Waals surface area contributed by atoms with Gasteiger partial charge in [-0.3, -0.25) is 0 Å². The van der Waals surface area contributed by atoms with Crippen LogP contribution in [0.1, 0.15) is 5.69 Å². The maximum Gasteiger partial charge on any atom is 0.149 e. The number of nitrogens with zero attached hydrogens (tertiary/aromatic N) is 1. The first-order chi connectivity index (χ1) is 7.72. The Morgan fingerprint density at radius 2 is 2.25 bits per heavy atom. The predicted octanol–water partition coefficient (Wildman–Crippen LogP) is 2.05. The van der Waals surface area contributed by atoms with E-state index in [1.54, 1.807) is 6.07 Å². The van der Waals surface area contributed by atoms with Gasteiger partial charge in [-0.1, -0.05) is 12.1 Å². The Kier molecular flexibility index (Phi) is 3.01. The molecule has 4 heteroatoms. The summed E-state index contributed by atoms with van der Waals surface area (Å²) in [6.07, 6.45) is 0. The third-order valence-electron chi connectivity index (χ3n) is 2.38. The van der Waals surface area contributed by atoms with Crippen LogP contribution in [0.2, 0.25) is 0 Å². The van der Waals surface area contributed by atoms with Gasteiger partial charge in [0.1, 0.15) is 11.3 Å². The number of aryl methyl sites for hydroxylation is 1. The van der Waals surface area contributed by atoms with Gasteiger partial charge in [0.25, 0.3) is 0 Å². The van der Waals surface area contributed by atoms with Crippen LogP contribution in [-0.4, -0.2) is 18.1 Å². The molecule has 0 atom stereocenters. The van der Waals surface area contributed by atoms with Gasteiger partial charge in [0.05, 0.1) is 0 Å². The first-order valence-corrected chi connectivity index (χ1v) is 5.22. The number of nitrogens with two attached hydrogens (primary N) is 1. The number of rotatable bonds is 3. The van der Waals surface area contributed by atoms with Crippen molar-refractivity contribution in [2.75, 3.05) is 18.4 Å². The zero-order chi connectivity index (χ0) is 11.5. The highest BCUT2D eigenvalue weighted by atomic mass is 19.1. The van der Waals surface area contributed by atoms with Crippen molar-refractivity contribution in [1.82, 2.24) is 4.98 Å². The quantitative estimate of drug-likeness (QED) is 0.830. The zero-order valence-electron chi connectivity index (χ0n) is 9.13. The zero-order valence-corrected chi connectivity index (χ0v) is 9.13. The lowest BCUT2D eigenvalue weighted by molar-refractivity contribution is 0.636. The topological polar surface area (TPSA) is 50.9 Å². The van der Waals surface area contributed by atoms with Crippen LogP contribution in [0.3, 0.4) is 0 Å². The van der Waals surface area contributed by atoms with Crippen molar-refractivity contribution in [2.24, 2.45) is 5.73 Å². The van der Waals surface area contributed by atoms with Gasteiger partial charge in [-0.05, 0) is 19.1 Å². The standard InChI is InChI=1S/C12H14FN3/c1-8-7-11(15-6-5-14)9-3-2-4-10(13)12(9)16-8/h2-4,7H,5-6,14H2,1H3,(H,15,16). The number of nitrogens with one attached hydrogen (secondary N) is 1. The van der Waals surface area contributed by atoms with E-state index >= 15 is 0 Å². The highest BCUT2D eigenvalue weighted by Crippen LogP contribution is 2.24. The van der Waals surface area contributed by atoms with Gasteiger partial charge in [-0.2, -0.15) is 0 Å². The summed E-state index contributed by atoms with van der Waals surface area (Å²) in [5, 5.41) is 3.96. The monoisotopic (exact) mass is 219 g/mol. The molecule has 2 aromatic rings. The average molecular weight is 219 g/mol. The first kappa shape index (κ1) is 10.8. The van der Waals surface area contributed by atoms with Crippen LogP contribution in [0, 0.1) is 12.7 Å². The summed E-state index contributed by atoms with van der Waals surface area (Å²) in [4.78, 5) is 4.20. The average Bonchev–Trinajstić information content (AvgIpc) is 2.27. The normalized spacial score (nSPS) is 10.7. The molecular formula is C12H14FN3. The molecule has 1 aromatic heterocycles. The van der Waals surface area contributed by atoms with E-state index in [4.69, 9.17) is 5.73 Å². The van der Waals surface area contributed by atoms with Crippen molar-refractivity contribution in [3.63, 3.8) is 0 Å². The molecule has 0 saturated heterocycles. The first-order valence-electron chi connectivity index (χ1n) is 5.22. The maximum atomic E-state index is 13.6. The molecule has 3 nitrogen and oxygen atoms in total. The Labute approximate surface area is 93.5 Å². The molecule has 0 unspecified atom stereocenters. The molecule has 2 rings (SSSR count). The third-order valence-corrected chi connectivity index (χ3v) is 2.38. The highest BCUT2D eigenvalue weighted by Gasteiger charge is 2.06. The summed E-state index contributed by atoms with van der Waals surface area (Å²) in [5.74, 6) is -0.294. The van der Waals surface area contributed by atoms with Crippen molar-refractivity contribution >= 4 is 16.6 Å². The number of fused-ring (bicyclic) bond motifs is 1. The van der Waals surface area contributed by atoms with Crippen molar-refractivity contribution in [2.45, 2.75) is 6.92 Å². The molecule has 0 spiro atoms. The van der Waals surface area contributed by atoms with E-state index in [-0.39, 0.29) is 5.82 Å². The highest BCUT2D eigenvalue weighted by molar-refractivity contribution is 5.91. The molecule has 0 saturated carbocycles. The van der Waals surface area contributed by atoms with E-state index < -0.39 is 0 Å². The lowest BCUT2D eigenvalue weighted by Crippen LogP contribution is -2.13. The van der Waals surface area contributed by atoms with E-state index in [0.29, 0.717) is 18.6 Å². The molecule has 0 radical (unpaired) electrons. The smallest absolute Gasteiger partial charge is 0.149 e. The second-order valence-electron chi connectivity index (χ2n) is 3.66. The minimum absolute atomic E-state index is 0.294. The van der Waals surface area contributed by atoms with Crippen molar-refractivity contribution in [3.05, 3.63) is 35.8 Å². The molecule has 0 fully saturated rings. The second kappa shape index (κ2) is 4.45. The number of aromatic nitrogens is 1. The van der Waals surface area contributed by atoms with Crippen LogP contribution in [0.15, 0.2) is 24.3 Å². The SMILES string of the molecule is Cc1cc(NCCN)c2cccc(F)c2n1. The Morgan fingerprint density at radius 1 is 1.44 bits per heavy atom. The van der Waals surface area contributed by atoms with Gasteiger partial charge in [0.2, 0.25) is 0 Å². The Balaban J connectivity index is 2.59. The lowest BCUT2D eigenvalue weighted by Gasteiger charge is -2.10. The minimum atomic E-state index is -0.294. The molecule has 1 heterocycles. The van der Waals surface area contributed by atoms with Crippen LogP contribution < -0.4 is 11.1 Å². The Bertz CT molecular complexity index is 511. The van der Waals surface area contributed by atoms with Gasteiger partial charge in [-0.25, -0.2) is 9.37 Å². The number of benzene rings is 1. The van der Waals surface area contributed by atoms with Crippen LogP contribution in [0.5, 0.6) is 0 Å². The fourth-order valence-electron chi connectivity index (χ4n) is 1.69. The van der Waals surface area contributed by atoms with Gasteiger partial charge in [0, 0.05) is 29.9 Å². The molecular weight excluding hydrogens is 205 g/mol. The van der Waals surface area contributed by atoms with Crippen molar-refractivity contribution in [3.8, 4) is 0 Å². The summed E-state index contributed by atoms with van der Waals surface area (Å²) in [6, 6.07) is 6.85. The summed E-state index contributed by atoms with van der Waals surface area (Å²) in [6.45, 7) is 3.05. The minimum Gasteiger partial charge on any atom is -0.383 e. The maximum absolute atomic E-state index is 13.6. The van der Waals surface area contributed by atoms with Crippen molar-refractivity contribution < 1.29 is 4.39 Å². The van der Waals surface area contributed by atoms with Gasteiger partial charge in [0.15, 0.2) is 0 Å². The van der Waals surface area contributed by atoms with Crippen LogP contribution in [0.4, 0.5) is 10.1 Å². The van der Waals surface area contributed by atoms with E-state index in [1.807, 2.05) is 19.1 Å². The molecule has 0 aliphatic carbocycles. The third kappa shape index (κ3) is 1.97. The molecule has 3 N–H and O–H groups in total. The van der Waals surface area contributed by atoms with Crippen molar-refractivity contribution in [1.29, 1.82) is 0 Å². The van der Waals surface area contributed by atoms with Gasteiger partial charge < -0.3 is 11.1 Å². The fourth-order valence-corrected chi connectivity index (χ4v) is 1.69. The summed E-state index contributed by atoms with van der Waals surface area (Å²) < 4.78 is 13.6. The fraction of sp³-hybridized carbons (Fsp3) is 0.250. The van der Waals surface area contributed by atoms with E-state index in [9.17, 15) is 4.39 Å². The number of pyridine rings is 1. The molecule has 0 aliphatic rings. The number of hydrogen-bond acceptors (Lipinski definition) is 3. The summed E-state index contributed by atoms with van der Waals surface area (Å²) >= 11 is 0. The number of anilines is 1. The molecule has 0 bridgehead atoms. The van der Waals surface area contributed by atoms with Crippen LogP contribution >= 0.6 is 0 Å². The molecule has 16 heavy (non-hydrogen) atoms. The van der Waals surface area contributed by atoms with E-state index in [0.717, 1.165) is 16.8 Å². The lowest BCUT2D eigenvalue weighted by atomic mass is 10.1. The second-order valence-corrected chi connectivity index (χ2v) is 3.66.